The van der Waals surface area contributed by atoms with Crippen molar-refractivity contribution >= 4 is 39.9 Å². The normalized spacial score (nSPS) is 11.3. The van der Waals surface area contributed by atoms with Gasteiger partial charge in [-0.05, 0) is 43.0 Å². The number of benzene rings is 1. The van der Waals surface area contributed by atoms with Gasteiger partial charge >= 0.3 is 17.3 Å². The van der Waals surface area contributed by atoms with Crippen molar-refractivity contribution in [3.8, 4) is 5.69 Å². The van der Waals surface area contributed by atoms with Crippen LogP contribution in [0.1, 0.15) is 27.7 Å². The number of carbonyl (C=O) groups is 1. The highest BCUT2D eigenvalue weighted by molar-refractivity contribution is 7.10. The van der Waals surface area contributed by atoms with Gasteiger partial charge in [-0.15, -0.1) is 11.3 Å². The molecule has 33 heavy (non-hydrogen) atoms. The zero-order chi connectivity index (χ0) is 24.0. The summed E-state index contributed by atoms with van der Waals surface area (Å²) in [5, 5.41) is 2.31. The van der Waals surface area contributed by atoms with Gasteiger partial charge in [-0.2, -0.15) is 0 Å². The fourth-order valence-corrected chi connectivity index (χ4v) is 4.87. The molecule has 0 unspecified atom stereocenters. The summed E-state index contributed by atoms with van der Waals surface area (Å²) in [5.74, 6) is -0.827. The fourth-order valence-electron chi connectivity index (χ4n) is 3.65. The van der Waals surface area contributed by atoms with Crippen LogP contribution in [0.3, 0.4) is 0 Å². The van der Waals surface area contributed by atoms with Gasteiger partial charge in [0.05, 0.1) is 34.9 Å². The molecule has 0 amide bonds. The Bertz CT molecular complexity index is 1590. The summed E-state index contributed by atoms with van der Waals surface area (Å²) in [4.78, 5) is 51.9. The lowest BCUT2D eigenvalue weighted by molar-refractivity contribution is 0.0522. The van der Waals surface area contributed by atoms with Crippen LogP contribution in [0.4, 0.5) is 0 Å². The smallest absolute Gasteiger partial charge is 0.345 e. The number of fused-ring (bicyclic) bond motifs is 1. The summed E-state index contributed by atoms with van der Waals surface area (Å²) in [6.07, 6.45) is 1.18. The molecule has 11 heteroatoms. The number of hydrogen-bond donors (Lipinski definition) is 0. The lowest BCUT2D eigenvalue weighted by atomic mass is 10.2. The third-order valence-corrected chi connectivity index (χ3v) is 7.20. The van der Waals surface area contributed by atoms with Gasteiger partial charge in [-0.25, -0.2) is 14.4 Å². The quantitative estimate of drug-likeness (QED) is 0.402. The molecule has 0 N–H and O–H groups in total. The van der Waals surface area contributed by atoms with E-state index in [0.717, 1.165) is 10.1 Å². The van der Waals surface area contributed by atoms with Gasteiger partial charge < -0.3 is 4.74 Å². The lowest BCUT2D eigenvalue weighted by Gasteiger charge is -2.13. The number of aromatic nitrogens is 4. The van der Waals surface area contributed by atoms with Crippen molar-refractivity contribution in [2.45, 2.75) is 20.4 Å². The Labute approximate surface area is 196 Å². The number of thiophene rings is 1. The molecule has 3 heterocycles. The Kier molecular flexibility index (Phi) is 5.89. The molecule has 0 saturated heterocycles. The zero-order valence-electron chi connectivity index (χ0n) is 18.4. The lowest BCUT2D eigenvalue weighted by Crippen LogP contribution is -2.42. The van der Waals surface area contributed by atoms with Gasteiger partial charge in [-0.3, -0.25) is 23.1 Å². The van der Waals surface area contributed by atoms with Crippen LogP contribution in [0, 0.1) is 6.92 Å². The predicted octanol–water partition coefficient (Wildman–Crippen LogP) is 2.44. The van der Waals surface area contributed by atoms with E-state index in [2.05, 4.69) is 0 Å². The summed E-state index contributed by atoms with van der Waals surface area (Å²) >= 11 is 7.66. The van der Waals surface area contributed by atoms with Crippen molar-refractivity contribution < 1.29 is 9.53 Å². The largest absolute Gasteiger partial charge is 0.462 e. The first-order chi connectivity index (χ1) is 15.6. The van der Waals surface area contributed by atoms with Gasteiger partial charge in [0.15, 0.2) is 0 Å². The van der Waals surface area contributed by atoms with E-state index < -0.39 is 17.2 Å². The maximum absolute atomic E-state index is 13.4. The predicted molar refractivity (Wildman–Crippen MR) is 127 cm³/mol. The summed E-state index contributed by atoms with van der Waals surface area (Å²) in [7, 11) is 3.28. The number of carbonyl (C=O) groups excluding carboxylic acids is 1. The molecular formula is C22H21ClN4O5S. The Morgan fingerprint density at radius 3 is 2.42 bits per heavy atom. The average molecular weight is 489 g/mol. The van der Waals surface area contributed by atoms with Gasteiger partial charge in [-0.1, -0.05) is 11.6 Å². The topological polar surface area (TPSA) is 97.2 Å². The maximum Gasteiger partial charge on any atom is 0.345 e. The Morgan fingerprint density at radius 1 is 1.09 bits per heavy atom. The van der Waals surface area contributed by atoms with E-state index in [1.54, 1.807) is 39.2 Å². The van der Waals surface area contributed by atoms with E-state index in [9.17, 15) is 19.2 Å². The van der Waals surface area contributed by atoms with Gasteiger partial charge in [0.25, 0.3) is 5.56 Å². The van der Waals surface area contributed by atoms with Crippen LogP contribution in [0.15, 0.2) is 44.2 Å². The maximum atomic E-state index is 13.4. The molecule has 0 bridgehead atoms. The summed E-state index contributed by atoms with van der Waals surface area (Å²) in [5.41, 5.74) is 0.611. The molecule has 0 atom stereocenters. The van der Waals surface area contributed by atoms with Crippen LogP contribution in [0.2, 0.25) is 5.02 Å². The Hall–Kier alpha value is -3.37. The van der Waals surface area contributed by atoms with Crippen molar-refractivity contribution in [1.29, 1.82) is 0 Å². The number of nitrogens with zero attached hydrogens (tertiary/aromatic N) is 4. The molecule has 0 aliphatic carbocycles. The van der Waals surface area contributed by atoms with Crippen LogP contribution in [0.25, 0.3) is 16.7 Å². The highest BCUT2D eigenvalue weighted by Crippen LogP contribution is 2.27. The first kappa shape index (κ1) is 22.8. The van der Waals surface area contributed by atoms with Gasteiger partial charge in [0, 0.05) is 25.2 Å². The van der Waals surface area contributed by atoms with Crippen LogP contribution in [-0.2, 0) is 25.4 Å². The number of hydrogen-bond acceptors (Lipinski definition) is 6. The number of esters is 1. The summed E-state index contributed by atoms with van der Waals surface area (Å²) in [6, 6.07) is 5.01. The zero-order valence-corrected chi connectivity index (χ0v) is 20.0. The number of halogens is 1. The summed E-state index contributed by atoms with van der Waals surface area (Å²) < 4.78 is 10.2. The number of imidazole rings is 1. The standard InChI is InChI=1S/C22H21ClN4O5S/c1-5-32-20(29)14-9-26(13-6-7-15-16(8-13)25(4)21(30)24(15)3)22(31)27(19(14)28)10-17-18(23)12(2)11-33-17/h6-9,11H,5,10H2,1-4H3. The first-order valence-electron chi connectivity index (χ1n) is 10.1. The molecule has 0 radical (unpaired) electrons. The van der Waals surface area contributed by atoms with Crippen molar-refractivity contribution in [3.63, 3.8) is 0 Å². The SMILES string of the molecule is CCOC(=O)c1cn(-c2ccc3c(c2)n(C)c(=O)n3C)c(=O)n(Cc2scc(C)c2Cl)c1=O. The van der Waals surface area contributed by atoms with Crippen LogP contribution < -0.4 is 16.9 Å². The molecular weight excluding hydrogens is 468 g/mol. The highest BCUT2D eigenvalue weighted by atomic mass is 35.5. The van der Waals surface area contributed by atoms with Crippen LogP contribution in [-0.4, -0.2) is 30.8 Å². The molecule has 9 nitrogen and oxygen atoms in total. The molecule has 0 saturated carbocycles. The highest BCUT2D eigenvalue weighted by Gasteiger charge is 2.21. The molecule has 0 aliphatic rings. The third-order valence-electron chi connectivity index (χ3n) is 5.47. The molecule has 172 valence electrons. The Balaban J connectivity index is 1.98. The van der Waals surface area contributed by atoms with E-state index in [1.807, 2.05) is 12.3 Å². The van der Waals surface area contributed by atoms with Gasteiger partial charge in [0.2, 0.25) is 0 Å². The number of ether oxygens (including phenoxy) is 1. The number of rotatable bonds is 5. The first-order valence-corrected chi connectivity index (χ1v) is 11.3. The van der Waals surface area contributed by atoms with Crippen LogP contribution >= 0.6 is 22.9 Å². The summed E-state index contributed by atoms with van der Waals surface area (Å²) in [6.45, 7) is 3.45. The average Bonchev–Trinajstić information content (AvgIpc) is 3.22. The van der Waals surface area contributed by atoms with E-state index in [4.69, 9.17) is 16.3 Å². The minimum absolute atomic E-state index is 0.0748. The van der Waals surface area contributed by atoms with E-state index in [1.165, 1.54) is 31.2 Å². The molecule has 4 aromatic rings. The number of aryl methyl sites for hydroxylation is 3. The van der Waals surface area contributed by atoms with Gasteiger partial charge in [0.1, 0.15) is 5.56 Å². The van der Waals surface area contributed by atoms with Crippen LogP contribution in [0.5, 0.6) is 0 Å². The molecule has 0 fully saturated rings. The second-order valence-corrected chi connectivity index (χ2v) is 8.88. The minimum atomic E-state index is -0.827. The van der Waals surface area contributed by atoms with Crippen molar-refractivity contribution in [2.24, 2.45) is 14.1 Å². The van der Waals surface area contributed by atoms with E-state index in [-0.39, 0.29) is 24.4 Å². The monoisotopic (exact) mass is 488 g/mol. The second-order valence-electron chi connectivity index (χ2n) is 7.54. The van der Waals surface area contributed by atoms with E-state index >= 15 is 0 Å². The molecule has 0 aliphatic heterocycles. The molecule has 1 aromatic carbocycles. The van der Waals surface area contributed by atoms with Crippen molar-refractivity contribution in [1.82, 2.24) is 18.3 Å². The second kappa shape index (κ2) is 8.53. The fraction of sp³-hybridized carbons (Fsp3) is 0.273. The molecule has 3 aromatic heterocycles. The minimum Gasteiger partial charge on any atom is -0.462 e. The molecule has 4 rings (SSSR count). The molecule has 0 spiro atoms. The third kappa shape index (κ3) is 3.75. The van der Waals surface area contributed by atoms with E-state index in [0.29, 0.717) is 26.6 Å². The Morgan fingerprint density at radius 2 is 1.79 bits per heavy atom. The van der Waals surface area contributed by atoms with Crippen molar-refractivity contribution in [3.05, 3.63) is 82.1 Å². The van der Waals surface area contributed by atoms with Crippen molar-refractivity contribution in [2.75, 3.05) is 6.61 Å².